The van der Waals surface area contributed by atoms with Crippen molar-refractivity contribution < 1.29 is 23.9 Å². The van der Waals surface area contributed by atoms with Crippen molar-refractivity contribution in [2.75, 3.05) is 26.2 Å². The minimum atomic E-state index is -0.487. The smallest absolute Gasteiger partial charge is 0.392 e. The number of carbonyl (C=O) groups is 1. The largest absolute Gasteiger partial charge is 0.433 e. The maximum atomic E-state index is 13.1. The number of ketones is 1. The van der Waals surface area contributed by atoms with Crippen LogP contribution in [0.4, 0.5) is 5.88 Å². The van der Waals surface area contributed by atoms with Crippen LogP contribution in [0.3, 0.4) is 0 Å². The summed E-state index contributed by atoms with van der Waals surface area (Å²) in [7, 11) is 0. The van der Waals surface area contributed by atoms with Crippen LogP contribution in [0, 0.1) is 20.9 Å². The fraction of sp³-hybridized carbons (Fsp3) is 0.688. The van der Waals surface area contributed by atoms with Gasteiger partial charge in [-0.1, -0.05) is 13.8 Å². The van der Waals surface area contributed by atoms with Crippen LogP contribution in [0.25, 0.3) is 0 Å². The van der Waals surface area contributed by atoms with Gasteiger partial charge in [0.25, 0.3) is 6.17 Å². The third-order valence-corrected chi connectivity index (χ3v) is 6.47. The maximum Gasteiger partial charge on any atom is 0.433 e. The van der Waals surface area contributed by atoms with Crippen LogP contribution in [0.2, 0.25) is 0 Å². The monoisotopic (exact) mass is 321 g/mol. The quantitative estimate of drug-likeness (QED) is 0.571. The molecule has 0 spiro atoms. The summed E-state index contributed by atoms with van der Waals surface area (Å²) in [5.74, 6) is 0.957. The maximum absolute atomic E-state index is 13.1. The van der Waals surface area contributed by atoms with E-state index in [1.807, 2.05) is 0 Å². The molecule has 0 radical (unpaired) electrons. The highest BCUT2D eigenvalue weighted by Gasteiger charge is 2.70. The van der Waals surface area contributed by atoms with Crippen molar-refractivity contribution in [1.29, 1.82) is 0 Å². The van der Waals surface area contributed by atoms with Crippen molar-refractivity contribution in [2.24, 2.45) is 10.8 Å². The topological polar surface area (TPSA) is 82.2 Å². The second kappa shape index (κ2) is 4.64. The van der Waals surface area contributed by atoms with Crippen molar-refractivity contribution in [3.63, 3.8) is 0 Å². The van der Waals surface area contributed by atoms with Crippen LogP contribution in [0.5, 0.6) is 0 Å². The molecule has 4 aliphatic heterocycles. The van der Waals surface area contributed by atoms with Gasteiger partial charge in [-0.2, -0.15) is 0 Å². The first kappa shape index (κ1) is 14.8. The molecule has 4 aliphatic rings. The number of carbonyl (C=O) groups excluding carboxylic acids is 1. The average molecular weight is 321 g/mol. The zero-order valence-corrected chi connectivity index (χ0v) is 13.6. The third kappa shape index (κ3) is 1.80. The van der Waals surface area contributed by atoms with Gasteiger partial charge in [0.1, 0.15) is 41.9 Å². The second-order valence-electron chi connectivity index (χ2n) is 7.49. The van der Waals surface area contributed by atoms with E-state index in [-0.39, 0.29) is 22.9 Å². The van der Waals surface area contributed by atoms with E-state index < -0.39 is 4.92 Å². The molecule has 7 nitrogen and oxygen atoms in total. The molecule has 0 aliphatic carbocycles. The Kier molecular flexibility index (Phi) is 2.99. The Morgan fingerprint density at radius 3 is 2.09 bits per heavy atom. The Labute approximate surface area is 134 Å². The van der Waals surface area contributed by atoms with E-state index in [0.717, 1.165) is 39.0 Å². The van der Waals surface area contributed by atoms with Crippen molar-refractivity contribution >= 4 is 11.7 Å². The summed E-state index contributed by atoms with van der Waals surface area (Å²) in [5, 5.41) is 10.9. The summed E-state index contributed by atoms with van der Waals surface area (Å²) < 4.78 is 5.51. The first-order valence-corrected chi connectivity index (χ1v) is 8.43. The van der Waals surface area contributed by atoms with Crippen molar-refractivity contribution in [3.05, 3.63) is 28.0 Å². The van der Waals surface area contributed by atoms with Crippen LogP contribution >= 0.6 is 0 Å². The van der Waals surface area contributed by atoms with Gasteiger partial charge >= 0.3 is 5.88 Å². The van der Waals surface area contributed by atoms with Gasteiger partial charge in [0, 0.05) is 6.07 Å². The number of hydrogen-bond donors (Lipinski definition) is 2. The van der Waals surface area contributed by atoms with Gasteiger partial charge in [-0.15, -0.1) is 0 Å². The lowest BCUT2D eigenvalue weighted by Gasteiger charge is -2.59. The summed E-state index contributed by atoms with van der Waals surface area (Å²) >= 11 is 0. The van der Waals surface area contributed by atoms with Gasteiger partial charge in [0.15, 0.2) is 5.78 Å². The molecule has 5 heterocycles. The van der Waals surface area contributed by atoms with E-state index in [0.29, 0.717) is 11.5 Å². The van der Waals surface area contributed by atoms with Crippen LogP contribution in [0.15, 0.2) is 16.5 Å². The molecule has 4 saturated heterocycles. The van der Waals surface area contributed by atoms with E-state index in [4.69, 9.17) is 4.42 Å². The highest BCUT2D eigenvalue weighted by atomic mass is 16.6. The highest BCUT2D eigenvalue weighted by Crippen LogP contribution is 2.40. The molecule has 23 heavy (non-hydrogen) atoms. The molecule has 0 unspecified atom stereocenters. The fourth-order valence-electron chi connectivity index (χ4n) is 5.39. The first-order valence-electron chi connectivity index (χ1n) is 8.43. The Bertz CT molecular complexity index is 641. The Morgan fingerprint density at radius 1 is 1.17 bits per heavy atom. The van der Waals surface area contributed by atoms with Gasteiger partial charge in [0.05, 0.1) is 6.07 Å². The second-order valence-corrected chi connectivity index (χ2v) is 7.49. The number of quaternary nitrogens is 2. The molecule has 0 amide bonds. The van der Waals surface area contributed by atoms with Crippen LogP contribution in [0.1, 0.15) is 38.6 Å². The Balaban J connectivity index is 1.72. The van der Waals surface area contributed by atoms with Gasteiger partial charge in [-0.25, -0.2) is 0 Å². The van der Waals surface area contributed by atoms with E-state index in [9.17, 15) is 14.9 Å². The number of nitrogens with zero attached hydrogens (tertiary/aromatic N) is 1. The standard InChI is InChI=1S/C16H21N3O4/c1-3-15-7-17-9-16(4-2,14(15)20)10-18(8-15)13(17)11-5-6-12(23-11)19(21)22/h5-6,13H,3-4,7-10H2,1-2H3/p+2. The minimum Gasteiger partial charge on any atom is -0.392 e. The molecule has 0 saturated carbocycles. The van der Waals surface area contributed by atoms with Crippen molar-refractivity contribution in [3.8, 4) is 0 Å². The SMILES string of the molecule is CCC12C[NH+]3CC(CC)(C[NH+](C1)C3c1ccc([N+](=O)[O-])o1)C2=O. The summed E-state index contributed by atoms with van der Waals surface area (Å²) in [5.41, 5.74) is -0.432. The minimum absolute atomic E-state index is 0.0798. The normalized spacial score (nSPS) is 41.5. The van der Waals surface area contributed by atoms with Gasteiger partial charge in [-0.3, -0.25) is 24.7 Å². The number of Topliss-reactive ketones (excluding diaryl/α,β-unsaturated/α-hetero) is 1. The third-order valence-electron chi connectivity index (χ3n) is 6.47. The molecule has 7 heteroatoms. The van der Waals surface area contributed by atoms with E-state index in [1.165, 1.54) is 15.9 Å². The zero-order chi connectivity index (χ0) is 16.4. The number of furan rings is 1. The lowest BCUT2D eigenvalue weighted by molar-refractivity contribution is -1.18. The molecule has 0 aromatic carbocycles. The molecule has 4 bridgehead atoms. The molecular formula is C16H23N3O4+2. The van der Waals surface area contributed by atoms with E-state index in [2.05, 4.69) is 13.8 Å². The van der Waals surface area contributed by atoms with Crippen LogP contribution < -0.4 is 9.80 Å². The number of piperidine rings is 2. The average Bonchev–Trinajstić information content (AvgIpc) is 3.01. The number of hydrogen-bond acceptors (Lipinski definition) is 4. The summed E-state index contributed by atoms with van der Waals surface area (Å²) in [6, 6.07) is 3.18. The molecule has 5 rings (SSSR count). The highest BCUT2D eigenvalue weighted by molar-refractivity contribution is 5.92. The Morgan fingerprint density at radius 2 is 1.70 bits per heavy atom. The van der Waals surface area contributed by atoms with E-state index >= 15 is 0 Å². The summed E-state index contributed by atoms with van der Waals surface area (Å²) in [6.45, 7) is 7.53. The fourth-order valence-corrected chi connectivity index (χ4v) is 5.39. The summed E-state index contributed by atoms with van der Waals surface area (Å²) in [6.07, 6.45) is 1.84. The first-order chi connectivity index (χ1) is 10.9. The lowest BCUT2D eigenvalue weighted by Crippen LogP contribution is -3.41. The van der Waals surface area contributed by atoms with Crippen LogP contribution in [-0.4, -0.2) is 36.9 Å². The lowest BCUT2D eigenvalue weighted by atomic mass is 9.58. The summed E-state index contributed by atoms with van der Waals surface area (Å²) in [4.78, 5) is 26.2. The Hall–Kier alpha value is -1.73. The van der Waals surface area contributed by atoms with E-state index in [1.54, 1.807) is 6.07 Å². The molecule has 1 aromatic rings. The number of nitro groups is 1. The molecule has 124 valence electrons. The van der Waals surface area contributed by atoms with Crippen LogP contribution in [-0.2, 0) is 4.79 Å². The molecule has 2 N–H and O–H groups in total. The van der Waals surface area contributed by atoms with Crippen molar-refractivity contribution in [1.82, 2.24) is 0 Å². The van der Waals surface area contributed by atoms with Gasteiger partial charge in [0.2, 0.25) is 5.76 Å². The number of rotatable bonds is 4. The molecule has 4 fully saturated rings. The van der Waals surface area contributed by atoms with Gasteiger partial charge in [-0.05, 0) is 12.8 Å². The zero-order valence-electron chi connectivity index (χ0n) is 13.6. The predicted octanol–water partition coefficient (Wildman–Crippen LogP) is -0.641. The predicted molar refractivity (Wildman–Crippen MR) is 80.0 cm³/mol. The van der Waals surface area contributed by atoms with Crippen molar-refractivity contribution in [2.45, 2.75) is 32.9 Å². The molecule has 1 aromatic heterocycles. The molecule has 0 atom stereocenters. The molecular weight excluding hydrogens is 298 g/mol. The van der Waals surface area contributed by atoms with Gasteiger partial charge < -0.3 is 4.42 Å². The number of nitrogens with one attached hydrogen (secondary N) is 2.